The lowest BCUT2D eigenvalue weighted by atomic mass is 10.1. The van der Waals surface area contributed by atoms with E-state index >= 15 is 0 Å². The highest BCUT2D eigenvalue weighted by Crippen LogP contribution is 2.37. The highest BCUT2D eigenvalue weighted by atomic mass is 32.2. The number of nitrogens with zero attached hydrogens (tertiary/aromatic N) is 1. The van der Waals surface area contributed by atoms with E-state index < -0.39 is 0 Å². The first-order chi connectivity index (χ1) is 7.63. The van der Waals surface area contributed by atoms with E-state index in [0.29, 0.717) is 0 Å². The van der Waals surface area contributed by atoms with Gasteiger partial charge in [-0.05, 0) is 31.0 Å². The third-order valence-electron chi connectivity index (χ3n) is 2.73. The lowest BCUT2D eigenvalue weighted by Crippen LogP contribution is -2.39. The molecule has 1 heterocycles. The molecule has 0 radical (unpaired) electrons. The molecule has 0 aliphatic carbocycles. The summed E-state index contributed by atoms with van der Waals surface area (Å²) < 4.78 is 0. The van der Waals surface area contributed by atoms with Crippen LogP contribution in [0.1, 0.15) is 11.1 Å². The number of anilines is 1. The van der Waals surface area contributed by atoms with Crippen molar-refractivity contribution in [3.8, 4) is 0 Å². The number of hydrogen-bond acceptors (Lipinski definition) is 3. The lowest BCUT2D eigenvalue weighted by Gasteiger charge is -2.30. The number of rotatable bonds is 1. The Kier molecular flexibility index (Phi) is 3.21. The topological polar surface area (TPSA) is 46.3 Å². The van der Waals surface area contributed by atoms with Crippen molar-refractivity contribution in [1.82, 2.24) is 0 Å². The van der Waals surface area contributed by atoms with Gasteiger partial charge in [0.1, 0.15) is 0 Å². The molecule has 0 atom stereocenters. The number of aryl methyl sites for hydroxylation is 2. The van der Waals surface area contributed by atoms with Crippen molar-refractivity contribution < 1.29 is 4.79 Å². The maximum absolute atomic E-state index is 11.7. The van der Waals surface area contributed by atoms with Crippen molar-refractivity contribution in [3.05, 3.63) is 23.3 Å². The molecule has 1 aliphatic heterocycles. The average molecular weight is 236 g/mol. The summed E-state index contributed by atoms with van der Waals surface area (Å²) in [5.41, 5.74) is 8.90. The van der Waals surface area contributed by atoms with Gasteiger partial charge in [-0.2, -0.15) is 0 Å². The Bertz CT molecular complexity index is 431. The Balaban J connectivity index is 2.49. The lowest BCUT2D eigenvalue weighted by molar-refractivity contribution is -0.117. The van der Waals surface area contributed by atoms with Crippen LogP contribution < -0.4 is 10.6 Å². The average Bonchev–Trinajstić information content (AvgIpc) is 2.27. The molecule has 0 spiro atoms. The van der Waals surface area contributed by atoms with Gasteiger partial charge in [-0.25, -0.2) is 0 Å². The van der Waals surface area contributed by atoms with Crippen LogP contribution in [0.25, 0.3) is 0 Å². The van der Waals surface area contributed by atoms with Crippen molar-refractivity contribution in [2.75, 3.05) is 23.7 Å². The number of fused-ring (bicyclic) bond motifs is 1. The van der Waals surface area contributed by atoms with Gasteiger partial charge >= 0.3 is 0 Å². The van der Waals surface area contributed by atoms with Crippen LogP contribution in [0.15, 0.2) is 17.0 Å². The van der Waals surface area contributed by atoms with Gasteiger partial charge in [0.2, 0.25) is 5.91 Å². The van der Waals surface area contributed by atoms with Crippen molar-refractivity contribution in [2.45, 2.75) is 18.7 Å². The minimum atomic E-state index is 0.00606. The molecular formula is C12H16N2OS. The third-order valence-corrected chi connectivity index (χ3v) is 3.93. The molecule has 0 bridgehead atoms. The standard InChI is InChI=1S/C12H16N2OS/c1-8-5-9(2)12-10(6-8)14(3-4-16-12)11(15)7-13/h5-6H,3-4,7,13H2,1-2H3. The largest absolute Gasteiger partial charge is 0.322 e. The summed E-state index contributed by atoms with van der Waals surface area (Å²) in [6.45, 7) is 4.99. The van der Waals surface area contributed by atoms with Crippen LogP contribution in [0, 0.1) is 13.8 Å². The maximum atomic E-state index is 11.7. The summed E-state index contributed by atoms with van der Waals surface area (Å²) in [4.78, 5) is 14.8. The SMILES string of the molecule is Cc1cc(C)c2c(c1)N(C(=O)CN)CCS2. The summed E-state index contributed by atoms with van der Waals surface area (Å²) in [7, 11) is 0. The van der Waals surface area contributed by atoms with Crippen molar-refractivity contribution >= 4 is 23.4 Å². The van der Waals surface area contributed by atoms with Gasteiger partial charge in [0.05, 0.1) is 12.2 Å². The maximum Gasteiger partial charge on any atom is 0.240 e. The van der Waals surface area contributed by atoms with Gasteiger partial charge in [0.15, 0.2) is 0 Å². The quantitative estimate of drug-likeness (QED) is 0.807. The monoisotopic (exact) mass is 236 g/mol. The van der Waals surface area contributed by atoms with E-state index in [2.05, 4.69) is 26.0 Å². The van der Waals surface area contributed by atoms with Gasteiger partial charge in [-0.15, -0.1) is 11.8 Å². The molecule has 1 aliphatic rings. The third kappa shape index (κ3) is 1.95. The zero-order valence-corrected chi connectivity index (χ0v) is 10.4. The molecule has 4 heteroatoms. The van der Waals surface area contributed by atoms with Crippen LogP contribution >= 0.6 is 11.8 Å². The van der Waals surface area contributed by atoms with Crippen LogP contribution in [0.3, 0.4) is 0 Å². The number of carbonyl (C=O) groups is 1. The summed E-state index contributed by atoms with van der Waals surface area (Å²) >= 11 is 1.82. The Morgan fingerprint density at radius 1 is 1.50 bits per heavy atom. The van der Waals surface area contributed by atoms with Gasteiger partial charge in [-0.3, -0.25) is 4.79 Å². The number of thioether (sulfide) groups is 1. The number of amides is 1. The summed E-state index contributed by atoms with van der Waals surface area (Å²) in [5, 5.41) is 0. The first-order valence-corrected chi connectivity index (χ1v) is 6.36. The van der Waals surface area contributed by atoms with Crippen molar-refractivity contribution in [1.29, 1.82) is 0 Å². The van der Waals surface area contributed by atoms with Crippen LogP contribution in [0.2, 0.25) is 0 Å². The Morgan fingerprint density at radius 2 is 2.25 bits per heavy atom. The van der Waals surface area contributed by atoms with Gasteiger partial charge in [-0.1, -0.05) is 6.07 Å². The van der Waals surface area contributed by atoms with Crippen LogP contribution in [-0.4, -0.2) is 24.7 Å². The normalized spacial score (nSPS) is 14.8. The zero-order chi connectivity index (χ0) is 11.7. The molecule has 16 heavy (non-hydrogen) atoms. The number of benzene rings is 1. The van der Waals surface area contributed by atoms with Crippen LogP contribution in [0.5, 0.6) is 0 Å². The van der Waals surface area contributed by atoms with Crippen molar-refractivity contribution in [3.63, 3.8) is 0 Å². The molecule has 0 unspecified atom stereocenters. The Morgan fingerprint density at radius 3 is 2.94 bits per heavy atom. The number of nitrogens with two attached hydrogens (primary N) is 1. The number of hydrogen-bond donors (Lipinski definition) is 1. The van der Waals surface area contributed by atoms with E-state index in [9.17, 15) is 4.79 Å². The fraction of sp³-hybridized carbons (Fsp3) is 0.417. The molecule has 0 aromatic heterocycles. The predicted molar refractivity (Wildman–Crippen MR) is 68.0 cm³/mol. The zero-order valence-electron chi connectivity index (χ0n) is 9.62. The Labute approximate surface area is 100.0 Å². The summed E-state index contributed by atoms with van der Waals surface area (Å²) in [6.07, 6.45) is 0. The minimum Gasteiger partial charge on any atom is -0.322 e. The van der Waals surface area contributed by atoms with Gasteiger partial charge in [0.25, 0.3) is 0 Å². The van der Waals surface area contributed by atoms with E-state index in [1.54, 1.807) is 0 Å². The molecular weight excluding hydrogens is 220 g/mol. The first kappa shape index (κ1) is 11.5. The van der Waals surface area contributed by atoms with E-state index in [0.717, 1.165) is 18.0 Å². The molecule has 2 N–H and O–H groups in total. The second-order valence-corrected chi connectivity index (χ2v) is 5.13. The molecule has 2 rings (SSSR count). The van der Waals surface area contributed by atoms with E-state index in [-0.39, 0.29) is 12.5 Å². The van der Waals surface area contributed by atoms with Crippen LogP contribution in [-0.2, 0) is 4.79 Å². The predicted octanol–water partition coefficient (Wildman–Crippen LogP) is 1.70. The van der Waals surface area contributed by atoms with E-state index in [4.69, 9.17) is 5.73 Å². The second kappa shape index (κ2) is 4.47. The number of carbonyl (C=O) groups excluding carboxylic acids is 1. The fourth-order valence-corrected chi connectivity index (χ4v) is 3.13. The molecule has 0 saturated carbocycles. The fourth-order valence-electron chi connectivity index (χ4n) is 2.05. The summed E-state index contributed by atoms with van der Waals surface area (Å²) in [6, 6.07) is 4.23. The molecule has 3 nitrogen and oxygen atoms in total. The van der Waals surface area contributed by atoms with Crippen molar-refractivity contribution in [2.24, 2.45) is 5.73 Å². The highest BCUT2D eigenvalue weighted by molar-refractivity contribution is 7.99. The molecule has 1 aromatic carbocycles. The molecule has 0 fully saturated rings. The molecule has 1 aromatic rings. The minimum absolute atomic E-state index is 0.00606. The molecule has 1 amide bonds. The van der Waals surface area contributed by atoms with Gasteiger partial charge < -0.3 is 10.6 Å². The van der Waals surface area contributed by atoms with E-state index in [1.165, 1.54) is 16.0 Å². The van der Waals surface area contributed by atoms with Crippen LogP contribution in [0.4, 0.5) is 5.69 Å². The van der Waals surface area contributed by atoms with Gasteiger partial charge in [0, 0.05) is 17.2 Å². The smallest absolute Gasteiger partial charge is 0.240 e. The molecule has 86 valence electrons. The second-order valence-electron chi connectivity index (χ2n) is 4.03. The Hall–Kier alpha value is -1.000. The summed E-state index contributed by atoms with van der Waals surface area (Å²) in [5.74, 6) is 0.953. The van der Waals surface area contributed by atoms with E-state index in [1.807, 2.05) is 16.7 Å². The molecule has 0 saturated heterocycles. The highest BCUT2D eigenvalue weighted by Gasteiger charge is 2.23. The first-order valence-electron chi connectivity index (χ1n) is 5.38.